The van der Waals surface area contributed by atoms with Gasteiger partial charge in [0.05, 0.1) is 0 Å². The molecular weight excluding hydrogens is 304 g/mol. The molecule has 0 aromatic carbocycles. The molecule has 0 amide bonds. The summed E-state index contributed by atoms with van der Waals surface area (Å²) in [5, 5.41) is 0. The number of hydrogen-bond donors (Lipinski definition) is 0. The van der Waals surface area contributed by atoms with Crippen LogP contribution in [-0.4, -0.2) is 5.78 Å². The summed E-state index contributed by atoms with van der Waals surface area (Å²) in [6.07, 6.45) is 15.4. The molecule has 0 bridgehead atoms. The molecule has 142 valence electrons. The molecule has 25 heavy (non-hydrogen) atoms. The Morgan fingerprint density at radius 3 is 2.44 bits per heavy atom. The minimum absolute atomic E-state index is 0.0853. The predicted octanol–water partition coefficient (Wildman–Crippen LogP) is 7.27. The van der Waals surface area contributed by atoms with E-state index in [1.807, 2.05) is 6.08 Å². The molecule has 0 aromatic heterocycles. The molecule has 2 aliphatic rings. The van der Waals surface area contributed by atoms with Crippen molar-refractivity contribution in [1.29, 1.82) is 0 Å². The Morgan fingerprint density at radius 1 is 1.12 bits per heavy atom. The minimum atomic E-state index is 0.0853. The smallest absolute Gasteiger partial charge is 0.155 e. The van der Waals surface area contributed by atoms with E-state index in [2.05, 4.69) is 47.6 Å². The number of carbonyl (C=O) groups is 1. The van der Waals surface area contributed by atoms with Crippen LogP contribution in [0.3, 0.4) is 0 Å². The third-order valence-electron chi connectivity index (χ3n) is 7.56. The minimum Gasteiger partial charge on any atom is -0.295 e. The van der Waals surface area contributed by atoms with Crippen LogP contribution in [0.15, 0.2) is 23.3 Å². The molecule has 0 aromatic rings. The quantitative estimate of drug-likeness (QED) is 0.481. The SMILES string of the molecule is CCC1CCCCC[C@H](C)C(C)(C)C/C=C\1C1(C)CCC(=O)C=C1C. The van der Waals surface area contributed by atoms with Gasteiger partial charge in [-0.05, 0) is 55.9 Å². The number of carbonyl (C=O) groups excluding carboxylic acids is 1. The van der Waals surface area contributed by atoms with Crippen LogP contribution in [0.4, 0.5) is 0 Å². The zero-order valence-corrected chi connectivity index (χ0v) is 17.6. The summed E-state index contributed by atoms with van der Waals surface area (Å²) < 4.78 is 0. The summed E-state index contributed by atoms with van der Waals surface area (Å²) in [6.45, 7) is 14.3. The number of rotatable bonds is 2. The molecule has 0 aliphatic heterocycles. The average Bonchev–Trinajstić information content (AvgIpc) is 2.57. The van der Waals surface area contributed by atoms with Gasteiger partial charge < -0.3 is 0 Å². The van der Waals surface area contributed by atoms with Crippen molar-refractivity contribution in [3.63, 3.8) is 0 Å². The second kappa shape index (κ2) is 8.23. The van der Waals surface area contributed by atoms with Gasteiger partial charge in [-0.1, -0.05) is 77.5 Å². The molecule has 3 atom stereocenters. The van der Waals surface area contributed by atoms with Crippen molar-refractivity contribution in [3.8, 4) is 0 Å². The van der Waals surface area contributed by atoms with Crippen molar-refractivity contribution in [3.05, 3.63) is 23.3 Å². The zero-order valence-electron chi connectivity index (χ0n) is 17.6. The van der Waals surface area contributed by atoms with Gasteiger partial charge >= 0.3 is 0 Å². The summed E-state index contributed by atoms with van der Waals surface area (Å²) in [6, 6.07) is 0. The van der Waals surface area contributed by atoms with E-state index in [1.165, 1.54) is 44.1 Å². The molecule has 2 unspecified atom stereocenters. The van der Waals surface area contributed by atoms with Crippen LogP contribution in [0.25, 0.3) is 0 Å². The fourth-order valence-corrected chi connectivity index (χ4v) is 4.82. The van der Waals surface area contributed by atoms with Crippen LogP contribution in [0.2, 0.25) is 0 Å². The van der Waals surface area contributed by atoms with Crippen LogP contribution in [0.1, 0.15) is 99.3 Å². The summed E-state index contributed by atoms with van der Waals surface area (Å²) in [7, 11) is 0. The maximum absolute atomic E-state index is 11.9. The van der Waals surface area contributed by atoms with Crippen LogP contribution in [-0.2, 0) is 4.79 Å². The average molecular weight is 345 g/mol. The third-order valence-corrected chi connectivity index (χ3v) is 7.56. The van der Waals surface area contributed by atoms with Gasteiger partial charge in [0.25, 0.3) is 0 Å². The Morgan fingerprint density at radius 2 is 1.80 bits per heavy atom. The molecule has 2 aliphatic carbocycles. The van der Waals surface area contributed by atoms with E-state index in [0.717, 1.165) is 18.8 Å². The van der Waals surface area contributed by atoms with Crippen molar-refractivity contribution < 1.29 is 4.79 Å². The molecule has 0 N–H and O–H groups in total. The van der Waals surface area contributed by atoms with E-state index in [-0.39, 0.29) is 5.41 Å². The van der Waals surface area contributed by atoms with Gasteiger partial charge in [-0.3, -0.25) is 4.79 Å². The molecule has 0 saturated heterocycles. The molecule has 0 radical (unpaired) electrons. The molecule has 0 fully saturated rings. The van der Waals surface area contributed by atoms with Gasteiger partial charge in [0, 0.05) is 11.8 Å². The van der Waals surface area contributed by atoms with Crippen molar-refractivity contribution in [1.82, 2.24) is 0 Å². The molecule has 1 nitrogen and oxygen atoms in total. The van der Waals surface area contributed by atoms with Gasteiger partial charge in [-0.25, -0.2) is 0 Å². The first-order valence-electron chi connectivity index (χ1n) is 10.6. The lowest BCUT2D eigenvalue weighted by molar-refractivity contribution is -0.115. The predicted molar refractivity (Wildman–Crippen MR) is 109 cm³/mol. The lowest BCUT2D eigenvalue weighted by atomic mass is 9.63. The van der Waals surface area contributed by atoms with Gasteiger partial charge in [0.2, 0.25) is 0 Å². The standard InChI is InChI=1S/C24H40O/c1-7-20-12-10-8-9-11-18(2)23(4,5)15-14-22(20)24(6)16-13-21(25)17-19(24)3/h14,17-18,20H,7-13,15-16H2,1-6H3/b22-14+/t18-,20?,24?/m0/s1. The summed E-state index contributed by atoms with van der Waals surface area (Å²) in [4.78, 5) is 11.9. The summed E-state index contributed by atoms with van der Waals surface area (Å²) in [5.41, 5.74) is 3.36. The molecule has 1 heteroatoms. The largest absolute Gasteiger partial charge is 0.295 e. The Labute approximate surface area is 156 Å². The lowest BCUT2D eigenvalue weighted by Gasteiger charge is -2.41. The van der Waals surface area contributed by atoms with Crippen molar-refractivity contribution in [2.45, 2.75) is 99.3 Å². The summed E-state index contributed by atoms with van der Waals surface area (Å²) >= 11 is 0. The Hall–Kier alpha value is -0.850. The first kappa shape index (κ1) is 20.5. The van der Waals surface area contributed by atoms with Crippen molar-refractivity contribution in [2.24, 2.45) is 22.7 Å². The van der Waals surface area contributed by atoms with E-state index in [9.17, 15) is 4.79 Å². The van der Waals surface area contributed by atoms with Gasteiger partial charge in [-0.2, -0.15) is 0 Å². The maximum Gasteiger partial charge on any atom is 0.155 e. The zero-order chi connectivity index (χ0) is 18.7. The van der Waals surface area contributed by atoms with E-state index in [1.54, 1.807) is 5.57 Å². The Kier molecular flexibility index (Phi) is 6.74. The van der Waals surface area contributed by atoms with Crippen LogP contribution in [0, 0.1) is 22.7 Å². The normalized spacial score (nSPS) is 36.8. The highest BCUT2D eigenvalue weighted by Crippen LogP contribution is 2.48. The molecule has 0 saturated carbocycles. The molecule has 0 heterocycles. The van der Waals surface area contributed by atoms with Crippen LogP contribution >= 0.6 is 0 Å². The second-order valence-corrected chi connectivity index (χ2v) is 9.62. The third kappa shape index (κ3) is 4.66. The number of ketones is 1. The Bertz CT molecular complexity index is 536. The highest BCUT2D eigenvalue weighted by molar-refractivity contribution is 5.91. The second-order valence-electron chi connectivity index (χ2n) is 9.62. The van der Waals surface area contributed by atoms with E-state index >= 15 is 0 Å². The van der Waals surface area contributed by atoms with Crippen LogP contribution < -0.4 is 0 Å². The van der Waals surface area contributed by atoms with Crippen molar-refractivity contribution >= 4 is 5.78 Å². The fourth-order valence-electron chi connectivity index (χ4n) is 4.82. The van der Waals surface area contributed by atoms with Gasteiger partial charge in [-0.15, -0.1) is 0 Å². The number of hydrogen-bond acceptors (Lipinski definition) is 1. The fraction of sp³-hybridized carbons (Fsp3) is 0.792. The maximum atomic E-state index is 11.9. The van der Waals surface area contributed by atoms with E-state index < -0.39 is 0 Å². The van der Waals surface area contributed by atoms with Crippen molar-refractivity contribution in [2.75, 3.05) is 0 Å². The highest BCUT2D eigenvalue weighted by Gasteiger charge is 2.38. The van der Waals surface area contributed by atoms with E-state index in [4.69, 9.17) is 0 Å². The highest BCUT2D eigenvalue weighted by atomic mass is 16.1. The molecule has 2 rings (SSSR count). The molecular formula is C24H40O. The first-order valence-corrected chi connectivity index (χ1v) is 10.6. The number of allylic oxidation sites excluding steroid dienone is 4. The van der Waals surface area contributed by atoms with E-state index in [0.29, 0.717) is 23.5 Å². The first-order chi connectivity index (χ1) is 11.7. The Balaban J connectivity index is 2.43. The van der Waals surface area contributed by atoms with Gasteiger partial charge in [0.1, 0.15) is 0 Å². The molecule has 0 spiro atoms. The summed E-state index contributed by atoms with van der Waals surface area (Å²) in [5.74, 6) is 1.75. The monoisotopic (exact) mass is 344 g/mol. The lowest BCUT2D eigenvalue weighted by Crippen LogP contribution is -2.30. The topological polar surface area (TPSA) is 17.1 Å². The van der Waals surface area contributed by atoms with Gasteiger partial charge in [0.15, 0.2) is 5.78 Å². The van der Waals surface area contributed by atoms with Crippen LogP contribution in [0.5, 0.6) is 0 Å².